The lowest BCUT2D eigenvalue weighted by atomic mass is 10.3. The average molecular weight is 251 g/mol. The Morgan fingerprint density at radius 1 is 1.33 bits per heavy atom. The third kappa shape index (κ3) is 3.82. The van der Waals surface area contributed by atoms with E-state index in [0.717, 1.165) is 44.5 Å². The van der Waals surface area contributed by atoms with Gasteiger partial charge in [-0.15, -0.1) is 0 Å². The molecule has 6 nitrogen and oxygen atoms in total. The second-order valence-electron chi connectivity index (χ2n) is 4.50. The predicted octanol–water partition coefficient (Wildman–Crippen LogP) is 0.651. The fraction of sp³-hybridized carbons (Fsp3) is 0.667. The van der Waals surface area contributed by atoms with Crippen LogP contribution in [-0.4, -0.2) is 60.8 Å². The van der Waals surface area contributed by atoms with Crippen LogP contribution in [0.3, 0.4) is 0 Å². The minimum atomic E-state index is 0.338. The molecule has 1 fully saturated rings. The van der Waals surface area contributed by atoms with E-state index >= 15 is 0 Å². The molecule has 0 radical (unpaired) electrons. The molecule has 2 rings (SSSR count). The van der Waals surface area contributed by atoms with Crippen LogP contribution < -0.4 is 10.6 Å². The largest absolute Gasteiger partial charge is 0.379 e. The van der Waals surface area contributed by atoms with Crippen LogP contribution in [0.5, 0.6) is 0 Å². The fourth-order valence-electron chi connectivity index (χ4n) is 2.03. The van der Waals surface area contributed by atoms with E-state index < -0.39 is 0 Å². The van der Waals surface area contributed by atoms with Crippen LogP contribution in [0.4, 0.5) is 11.6 Å². The second-order valence-corrected chi connectivity index (χ2v) is 4.50. The van der Waals surface area contributed by atoms with Gasteiger partial charge in [0.2, 0.25) is 0 Å². The molecule has 1 atom stereocenters. The van der Waals surface area contributed by atoms with Crippen molar-refractivity contribution in [1.29, 1.82) is 0 Å². The molecule has 2 N–H and O–H groups in total. The third-order valence-electron chi connectivity index (χ3n) is 2.92. The van der Waals surface area contributed by atoms with Gasteiger partial charge in [-0.2, -0.15) is 0 Å². The summed E-state index contributed by atoms with van der Waals surface area (Å²) in [5, 5.41) is 6.35. The van der Waals surface area contributed by atoms with Crippen molar-refractivity contribution in [3.05, 3.63) is 12.4 Å². The fourth-order valence-corrected chi connectivity index (χ4v) is 2.03. The zero-order valence-electron chi connectivity index (χ0n) is 11.0. The Hall–Kier alpha value is -1.40. The van der Waals surface area contributed by atoms with E-state index in [1.807, 2.05) is 7.05 Å². The minimum absolute atomic E-state index is 0.338. The topological polar surface area (TPSA) is 62.3 Å². The lowest BCUT2D eigenvalue weighted by molar-refractivity contribution is 0.0368. The summed E-state index contributed by atoms with van der Waals surface area (Å²) in [6.45, 7) is 6.84. The number of nitrogens with zero attached hydrogens (tertiary/aromatic N) is 3. The molecular weight excluding hydrogens is 230 g/mol. The molecule has 0 saturated carbocycles. The first-order valence-electron chi connectivity index (χ1n) is 6.34. The Morgan fingerprint density at radius 3 is 2.78 bits per heavy atom. The summed E-state index contributed by atoms with van der Waals surface area (Å²) in [7, 11) is 1.84. The summed E-state index contributed by atoms with van der Waals surface area (Å²) in [5.41, 5.74) is 0. The predicted molar refractivity (Wildman–Crippen MR) is 71.9 cm³/mol. The van der Waals surface area contributed by atoms with Crippen molar-refractivity contribution in [2.45, 2.75) is 13.0 Å². The van der Waals surface area contributed by atoms with Gasteiger partial charge in [-0.3, -0.25) is 9.88 Å². The van der Waals surface area contributed by atoms with Gasteiger partial charge in [-0.1, -0.05) is 0 Å². The van der Waals surface area contributed by atoms with E-state index in [-0.39, 0.29) is 0 Å². The van der Waals surface area contributed by atoms with E-state index in [4.69, 9.17) is 4.74 Å². The van der Waals surface area contributed by atoms with Crippen molar-refractivity contribution >= 4 is 11.6 Å². The Bertz CT molecular complexity index is 367. The molecule has 1 saturated heterocycles. The molecule has 1 aromatic rings. The Morgan fingerprint density at radius 2 is 2.06 bits per heavy atom. The second kappa shape index (κ2) is 6.51. The normalized spacial score (nSPS) is 18.3. The summed E-state index contributed by atoms with van der Waals surface area (Å²) in [6, 6.07) is 0.338. The van der Waals surface area contributed by atoms with Crippen LogP contribution >= 0.6 is 0 Å². The van der Waals surface area contributed by atoms with E-state index in [1.165, 1.54) is 0 Å². The lowest BCUT2D eigenvalue weighted by Gasteiger charge is -2.29. The first-order valence-corrected chi connectivity index (χ1v) is 6.34. The number of aromatic nitrogens is 2. The van der Waals surface area contributed by atoms with Crippen molar-refractivity contribution in [2.75, 3.05) is 50.5 Å². The smallest absolute Gasteiger partial charge is 0.147 e. The van der Waals surface area contributed by atoms with Crippen molar-refractivity contribution in [2.24, 2.45) is 0 Å². The molecule has 0 aliphatic carbocycles. The van der Waals surface area contributed by atoms with Gasteiger partial charge in [0.25, 0.3) is 0 Å². The minimum Gasteiger partial charge on any atom is -0.379 e. The summed E-state index contributed by atoms with van der Waals surface area (Å²) in [4.78, 5) is 10.9. The van der Waals surface area contributed by atoms with Crippen LogP contribution in [-0.2, 0) is 4.74 Å². The van der Waals surface area contributed by atoms with Crippen LogP contribution in [0.1, 0.15) is 6.92 Å². The van der Waals surface area contributed by atoms with Gasteiger partial charge in [-0.25, -0.2) is 4.98 Å². The van der Waals surface area contributed by atoms with Gasteiger partial charge in [0.05, 0.1) is 25.6 Å². The Kier molecular flexibility index (Phi) is 4.72. The molecule has 0 bridgehead atoms. The van der Waals surface area contributed by atoms with Gasteiger partial charge in [0.1, 0.15) is 11.6 Å². The number of anilines is 2. The zero-order valence-corrected chi connectivity index (χ0v) is 11.0. The van der Waals surface area contributed by atoms with Gasteiger partial charge in [0.15, 0.2) is 0 Å². The maximum Gasteiger partial charge on any atom is 0.147 e. The molecule has 2 heterocycles. The van der Waals surface area contributed by atoms with Gasteiger partial charge < -0.3 is 15.4 Å². The highest BCUT2D eigenvalue weighted by Gasteiger charge is 2.13. The molecule has 1 aliphatic rings. The number of nitrogens with one attached hydrogen (secondary N) is 2. The molecule has 0 spiro atoms. The Balaban J connectivity index is 1.83. The number of ether oxygens (including phenoxy) is 1. The zero-order chi connectivity index (χ0) is 12.8. The van der Waals surface area contributed by atoms with Crippen molar-refractivity contribution in [3.63, 3.8) is 0 Å². The van der Waals surface area contributed by atoms with E-state index in [9.17, 15) is 0 Å². The number of rotatable bonds is 5. The quantitative estimate of drug-likeness (QED) is 0.801. The van der Waals surface area contributed by atoms with Crippen LogP contribution in [0, 0.1) is 0 Å². The SMILES string of the molecule is CNc1cncc(NC(C)CN2CCOCC2)n1. The van der Waals surface area contributed by atoms with Crippen molar-refractivity contribution < 1.29 is 4.74 Å². The maximum absolute atomic E-state index is 5.34. The number of morpholine rings is 1. The monoisotopic (exact) mass is 251 g/mol. The van der Waals surface area contributed by atoms with Gasteiger partial charge in [0, 0.05) is 32.7 Å². The average Bonchev–Trinajstić information content (AvgIpc) is 2.40. The molecule has 1 unspecified atom stereocenters. The maximum atomic E-state index is 5.34. The molecule has 1 aliphatic heterocycles. The Labute approximate surface area is 108 Å². The van der Waals surface area contributed by atoms with Gasteiger partial charge in [-0.05, 0) is 6.92 Å². The molecule has 1 aromatic heterocycles. The summed E-state index contributed by atoms with van der Waals surface area (Å²) in [5.74, 6) is 1.58. The van der Waals surface area contributed by atoms with Crippen LogP contribution in [0.25, 0.3) is 0 Å². The van der Waals surface area contributed by atoms with Crippen molar-refractivity contribution in [3.8, 4) is 0 Å². The highest BCUT2D eigenvalue weighted by molar-refractivity contribution is 5.41. The van der Waals surface area contributed by atoms with Crippen LogP contribution in [0.2, 0.25) is 0 Å². The summed E-state index contributed by atoms with van der Waals surface area (Å²) < 4.78 is 5.34. The molecular formula is C12H21N5O. The van der Waals surface area contributed by atoms with Crippen LogP contribution in [0.15, 0.2) is 12.4 Å². The van der Waals surface area contributed by atoms with E-state index in [2.05, 4.69) is 32.4 Å². The molecule has 6 heteroatoms. The van der Waals surface area contributed by atoms with E-state index in [1.54, 1.807) is 12.4 Å². The molecule has 0 amide bonds. The number of hydrogen-bond acceptors (Lipinski definition) is 6. The lowest BCUT2D eigenvalue weighted by Crippen LogP contribution is -2.42. The molecule has 0 aromatic carbocycles. The van der Waals surface area contributed by atoms with Gasteiger partial charge >= 0.3 is 0 Å². The third-order valence-corrected chi connectivity index (χ3v) is 2.92. The van der Waals surface area contributed by atoms with E-state index in [0.29, 0.717) is 6.04 Å². The first-order chi connectivity index (χ1) is 8.78. The number of hydrogen-bond donors (Lipinski definition) is 2. The standard InChI is InChI=1S/C12H21N5O/c1-10(9-17-3-5-18-6-4-17)15-12-8-14-7-11(13-2)16-12/h7-8,10H,3-6,9H2,1-2H3,(H2,13,15,16). The highest BCUT2D eigenvalue weighted by Crippen LogP contribution is 2.08. The first kappa shape index (κ1) is 13.0. The summed E-state index contributed by atoms with van der Waals surface area (Å²) >= 11 is 0. The van der Waals surface area contributed by atoms with Crippen molar-refractivity contribution in [1.82, 2.24) is 14.9 Å². The highest BCUT2D eigenvalue weighted by atomic mass is 16.5. The molecule has 100 valence electrons. The summed E-state index contributed by atoms with van der Waals surface area (Å²) in [6.07, 6.45) is 3.45. The molecule has 18 heavy (non-hydrogen) atoms.